The van der Waals surface area contributed by atoms with Crippen LogP contribution < -0.4 is 5.32 Å². The SMILES string of the molecule is CC.Cc1ncc(C(=O)Nc2c(C)cccc2Cl)s1. The predicted octanol–water partition coefficient (Wildman–Crippen LogP) is 4.69. The van der Waals surface area contributed by atoms with Crippen LogP contribution in [0.2, 0.25) is 5.02 Å². The number of carbonyl (C=O) groups excluding carboxylic acids is 1. The van der Waals surface area contributed by atoms with E-state index in [9.17, 15) is 4.79 Å². The molecule has 0 spiro atoms. The fourth-order valence-corrected chi connectivity index (χ4v) is 2.37. The van der Waals surface area contributed by atoms with E-state index in [0.717, 1.165) is 10.6 Å². The van der Waals surface area contributed by atoms with Gasteiger partial charge in [0, 0.05) is 0 Å². The van der Waals surface area contributed by atoms with Crippen molar-refractivity contribution in [2.45, 2.75) is 27.7 Å². The van der Waals surface area contributed by atoms with Crippen LogP contribution in [0, 0.1) is 13.8 Å². The molecule has 0 aliphatic rings. The zero-order valence-corrected chi connectivity index (χ0v) is 13.0. The van der Waals surface area contributed by atoms with Crippen LogP contribution in [-0.2, 0) is 0 Å². The van der Waals surface area contributed by atoms with Crippen molar-refractivity contribution in [1.29, 1.82) is 0 Å². The number of rotatable bonds is 2. The molecule has 0 aliphatic heterocycles. The number of halogens is 1. The van der Waals surface area contributed by atoms with Crippen LogP contribution in [0.3, 0.4) is 0 Å². The number of nitrogens with zero attached hydrogens (tertiary/aromatic N) is 1. The van der Waals surface area contributed by atoms with Gasteiger partial charge in [0.1, 0.15) is 4.88 Å². The van der Waals surface area contributed by atoms with E-state index >= 15 is 0 Å². The molecule has 0 aliphatic carbocycles. The molecule has 0 radical (unpaired) electrons. The van der Waals surface area contributed by atoms with Crippen molar-refractivity contribution in [2.24, 2.45) is 0 Å². The summed E-state index contributed by atoms with van der Waals surface area (Å²) < 4.78 is 0. The van der Waals surface area contributed by atoms with Crippen molar-refractivity contribution < 1.29 is 4.79 Å². The Hall–Kier alpha value is -1.39. The smallest absolute Gasteiger partial charge is 0.267 e. The second kappa shape index (κ2) is 7.26. The second-order valence-electron chi connectivity index (χ2n) is 3.63. The minimum Gasteiger partial charge on any atom is -0.320 e. The number of carbonyl (C=O) groups is 1. The van der Waals surface area contributed by atoms with Gasteiger partial charge in [0.25, 0.3) is 5.91 Å². The summed E-state index contributed by atoms with van der Waals surface area (Å²) in [6.45, 7) is 7.77. The molecule has 2 rings (SSSR count). The number of hydrogen-bond acceptors (Lipinski definition) is 3. The van der Waals surface area contributed by atoms with Gasteiger partial charge in [-0.05, 0) is 25.5 Å². The molecule has 0 atom stereocenters. The minimum atomic E-state index is -0.174. The van der Waals surface area contributed by atoms with Gasteiger partial charge in [-0.1, -0.05) is 37.6 Å². The molecule has 1 heterocycles. The molecular weight excluding hydrogens is 280 g/mol. The Morgan fingerprint density at radius 2 is 2.00 bits per heavy atom. The van der Waals surface area contributed by atoms with Crippen molar-refractivity contribution in [3.05, 3.63) is 44.9 Å². The fourth-order valence-electron chi connectivity index (χ4n) is 1.43. The second-order valence-corrected chi connectivity index (χ2v) is 5.27. The van der Waals surface area contributed by atoms with Crippen LogP contribution >= 0.6 is 22.9 Å². The summed E-state index contributed by atoms with van der Waals surface area (Å²) in [6.07, 6.45) is 1.57. The molecular formula is C14H17ClN2OS. The van der Waals surface area contributed by atoms with Gasteiger partial charge in [0.2, 0.25) is 0 Å². The van der Waals surface area contributed by atoms with Crippen LogP contribution in [0.4, 0.5) is 5.69 Å². The van der Waals surface area contributed by atoms with Crippen molar-refractivity contribution in [3.63, 3.8) is 0 Å². The Balaban J connectivity index is 0.000000861. The number of thiazole rings is 1. The van der Waals surface area contributed by atoms with E-state index in [2.05, 4.69) is 10.3 Å². The Morgan fingerprint density at radius 3 is 2.53 bits per heavy atom. The van der Waals surface area contributed by atoms with Crippen molar-refractivity contribution >= 4 is 34.5 Å². The zero-order valence-electron chi connectivity index (χ0n) is 11.5. The van der Waals surface area contributed by atoms with Gasteiger partial charge in [-0.25, -0.2) is 4.98 Å². The van der Waals surface area contributed by atoms with E-state index in [1.165, 1.54) is 11.3 Å². The number of amides is 1. The minimum absolute atomic E-state index is 0.174. The predicted molar refractivity (Wildman–Crippen MR) is 82.3 cm³/mol. The van der Waals surface area contributed by atoms with Crippen molar-refractivity contribution in [1.82, 2.24) is 4.98 Å². The van der Waals surface area contributed by atoms with Gasteiger partial charge in [-0.15, -0.1) is 11.3 Å². The summed E-state index contributed by atoms with van der Waals surface area (Å²) in [5.74, 6) is -0.174. The molecule has 0 saturated carbocycles. The van der Waals surface area contributed by atoms with E-state index in [-0.39, 0.29) is 5.91 Å². The summed E-state index contributed by atoms with van der Waals surface area (Å²) in [7, 11) is 0. The number of anilines is 1. The molecule has 1 aromatic heterocycles. The monoisotopic (exact) mass is 296 g/mol. The first kappa shape index (κ1) is 15.7. The molecule has 1 aromatic carbocycles. The molecule has 0 bridgehead atoms. The molecule has 3 nitrogen and oxygen atoms in total. The van der Waals surface area contributed by atoms with E-state index in [1.54, 1.807) is 12.3 Å². The molecule has 1 amide bonds. The highest BCUT2D eigenvalue weighted by Gasteiger charge is 2.12. The summed E-state index contributed by atoms with van der Waals surface area (Å²) in [6, 6.07) is 5.51. The number of benzene rings is 1. The van der Waals surface area contributed by atoms with E-state index in [4.69, 9.17) is 11.6 Å². The molecule has 0 saturated heterocycles. The van der Waals surface area contributed by atoms with Gasteiger partial charge >= 0.3 is 0 Å². The van der Waals surface area contributed by atoms with Crippen LogP contribution in [0.15, 0.2) is 24.4 Å². The first-order valence-electron chi connectivity index (χ1n) is 6.07. The van der Waals surface area contributed by atoms with Gasteiger partial charge in [0.05, 0.1) is 21.9 Å². The van der Waals surface area contributed by atoms with Gasteiger partial charge in [0.15, 0.2) is 0 Å². The van der Waals surface area contributed by atoms with Crippen LogP contribution in [0.25, 0.3) is 0 Å². The fraction of sp³-hybridized carbons (Fsp3) is 0.286. The quantitative estimate of drug-likeness (QED) is 0.873. The number of aryl methyl sites for hydroxylation is 2. The van der Waals surface area contributed by atoms with Crippen LogP contribution in [-0.4, -0.2) is 10.9 Å². The highest BCUT2D eigenvalue weighted by molar-refractivity contribution is 7.13. The molecule has 0 fully saturated rings. The van der Waals surface area contributed by atoms with Gasteiger partial charge in [-0.3, -0.25) is 4.79 Å². The summed E-state index contributed by atoms with van der Waals surface area (Å²) in [5.41, 5.74) is 1.59. The largest absolute Gasteiger partial charge is 0.320 e. The van der Waals surface area contributed by atoms with Crippen molar-refractivity contribution in [3.8, 4) is 0 Å². The van der Waals surface area contributed by atoms with E-state index < -0.39 is 0 Å². The van der Waals surface area contributed by atoms with Gasteiger partial charge in [-0.2, -0.15) is 0 Å². The lowest BCUT2D eigenvalue weighted by atomic mass is 10.2. The Kier molecular flexibility index (Phi) is 5.99. The Labute approximate surface area is 122 Å². The van der Waals surface area contributed by atoms with Gasteiger partial charge < -0.3 is 5.32 Å². The van der Waals surface area contributed by atoms with E-state index in [0.29, 0.717) is 15.6 Å². The number of para-hydroxylation sites is 1. The third-order valence-electron chi connectivity index (χ3n) is 2.31. The standard InChI is InChI=1S/C12H11ClN2OS.C2H6/c1-7-4-3-5-9(13)11(7)15-12(16)10-6-14-8(2)17-10;1-2/h3-6H,1-2H3,(H,15,16);1-2H3. The number of hydrogen-bond donors (Lipinski definition) is 1. The Bertz CT molecular complexity index is 546. The topological polar surface area (TPSA) is 42.0 Å². The number of aromatic nitrogens is 1. The highest BCUT2D eigenvalue weighted by Crippen LogP contribution is 2.26. The normalized spacial score (nSPS) is 9.53. The molecule has 1 N–H and O–H groups in total. The maximum absolute atomic E-state index is 11.9. The summed E-state index contributed by atoms with van der Waals surface area (Å²) in [4.78, 5) is 16.6. The number of nitrogens with one attached hydrogen (secondary N) is 1. The lowest BCUT2D eigenvalue weighted by Gasteiger charge is -2.08. The lowest BCUT2D eigenvalue weighted by molar-refractivity contribution is 0.103. The molecule has 2 aromatic rings. The third kappa shape index (κ3) is 4.04. The third-order valence-corrected chi connectivity index (χ3v) is 3.53. The lowest BCUT2D eigenvalue weighted by Crippen LogP contribution is -2.11. The molecule has 0 unspecified atom stereocenters. The van der Waals surface area contributed by atoms with E-state index in [1.807, 2.05) is 39.8 Å². The Morgan fingerprint density at radius 1 is 1.32 bits per heavy atom. The first-order chi connectivity index (χ1) is 9.08. The molecule has 102 valence electrons. The average Bonchev–Trinajstić information content (AvgIpc) is 2.83. The molecule has 5 heteroatoms. The van der Waals surface area contributed by atoms with Crippen LogP contribution in [0.1, 0.15) is 34.1 Å². The van der Waals surface area contributed by atoms with Crippen LogP contribution in [0.5, 0.6) is 0 Å². The maximum atomic E-state index is 11.9. The molecule has 19 heavy (non-hydrogen) atoms. The maximum Gasteiger partial charge on any atom is 0.267 e. The summed E-state index contributed by atoms with van der Waals surface area (Å²) in [5, 5.41) is 4.22. The first-order valence-corrected chi connectivity index (χ1v) is 7.26. The average molecular weight is 297 g/mol. The zero-order chi connectivity index (χ0) is 14.4. The van der Waals surface area contributed by atoms with Crippen molar-refractivity contribution in [2.75, 3.05) is 5.32 Å². The summed E-state index contributed by atoms with van der Waals surface area (Å²) >= 11 is 7.40. The highest BCUT2D eigenvalue weighted by atomic mass is 35.5.